The molecule has 4 rings (SSSR count). The molecule has 0 aliphatic rings. The van der Waals surface area contributed by atoms with E-state index in [1.807, 2.05) is 82.7 Å². The zero-order chi connectivity index (χ0) is 19.9. The van der Waals surface area contributed by atoms with Crippen molar-refractivity contribution >= 4 is 35.2 Å². The first-order valence-electron chi connectivity index (χ1n) is 8.86. The first-order valence-corrected chi connectivity index (χ1v) is 10.7. The fourth-order valence-electron chi connectivity index (χ4n) is 2.64. The van der Waals surface area contributed by atoms with Gasteiger partial charge in [0.15, 0.2) is 11.0 Å². The van der Waals surface area contributed by atoms with E-state index in [4.69, 9.17) is 0 Å². The molecular formula is C21H17N5OS2. The first-order chi connectivity index (χ1) is 14.3. The van der Waals surface area contributed by atoms with Gasteiger partial charge in [-0.1, -0.05) is 66.4 Å². The van der Waals surface area contributed by atoms with Crippen LogP contribution in [0.4, 0.5) is 0 Å². The van der Waals surface area contributed by atoms with E-state index < -0.39 is 0 Å². The lowest BCUT2D eigenvalue weighted by Crippen LogP contribution is -2.19. The van der Waals surface area contributed by atoms with Gasteiger partial charge in [-0.15, -0.1) is 21.5 Å². The monoisotopic (exact) mass is 419 g/mol. The SMILES string of the molecule is O=C(CSc1nnc(-c2ccccc2)n1-c1ccccc1)NN=Cc1cccs1. The Morgan fingerprint density at radius 2 is 1.79 bits per heavy atom. The highest BCUT2D eigenvalue weighted by molar-refractivity contribution is 7.99. The minimum Gasteiger partial charge on any atom is -0.272 e. The smallest absolute Gasteiger partial charge is 0.250 e. The highest BCUT2D eigenvalue weighted by Crippen LogP contribution is 2.27. The van der Waals surface area contributed by atoms with E-state index in [-0.39, 0.29) is 11.7 Å². The summed E-state index contributed by atoms with van der Waals surface area (Å²) in [6, 6.07) is 23.6. The summed E-state index contributed by atoms with van der Waals surface area (Å²) in [5.74, 6) is 0.712. The molecule has 0 saturated heterocycles. The van der Waals surface area contributed by atoms with Crippen molar-refractivity contribution in [1.82, 2.24) is 20.2 Å². The number of carbonyl (C=O) groups is 1. The molecule has 0 unspecified atom stereocenters. The molecule has 144 valence electrons. The number of para-hydroxylation sites is 1. The number of amides is 1. The summed E-state index contributed by atoms with van der Waals surface area (Å²) in [5, 5.41) is 15.3. The number of nitrogens with zero attached hydrogens (tertiary/aromatic N) is 4. The summed E-state index contributed by atoms with van der Waals surface area (Å²) < 4.78 is 1.96. The predicted octanol–water partition coefficient (Wildman–Crippen LogP) is 4.24. The lowest BCUT2D eigenvalue weighted by Gasteiger charge is -2.10. The molecule has 0 spiro atoms. The van der Waals surface area contributed by atoms with Gasteiger partial charge in [-0.05, 0) is 23.6 Å². The van der Waals surface area contributed by atoms with E-state index in [1.54, 1.807) is 17.6 Å². The topological polar surface area (TPSA) is 72.2 Å². The number of rotatable bonds is 7. The molecule has 0 atom stereocenters. The number of aromatic nitrogens is 3. The summed E-state index contributed by atoms with van der Waals surface area (Å²) in [6.07, 6.45) is 1.63. The highest BCUT2D eigenvalue weighted by atomic mass is 32.2. The molecule has 0 fully saturated rings. The molecule has 0 saturated carbocycles. The molecule has 4 aromatic rings. The minimum absolute atomic E-state index is 0.182. The van der Waals surface area contributed by atoms with Crippen LogP contribution in [0.2, 0.25) is 0 Å². The van der Waals surface area contributed by atoms with Gasteiger partial charge in [0.25, 0.3) is 5.91 Å². The van der Waals surface area contributed by atoms with Crippen LogP contribution in [0.1, 0.15) is 4.88 Å². The summed E-state index contributed by atoms with van der Waals surface area (Å²) >= 11 is 2.88. The Bertz CT molecular complexity index is 1090. The fourth-order valence-corrected chi connectivity index (χ4v) is 3.97. The second-order valence-electron chi connectivity index (χ2n) is 5.94. The molecule has 6 nitrogen and oxygen atoms in total. The van der Waals surface area contributed by atoms with Gasteiger partial charge in [0.1, 0.15) is 0 Å². The molecule has 0 radical (unpaired) electrons. The lowest BCUT2D eigenvalue weighted by molar-refractivity contribution is -0.118. The number of thioether (sulfide) groups is 1. The quantitative estimate of drug-likeness (QED) is 0.276. The number of hydrazone groups is 1. The van der Waals surface area contributed by atoms with E-state index in [0.717, 1.165) is 22.0 Å². The summed E-state index contributed by atoms with van der Waals surface area (Å²) in [5.41, 5.74) is 4.45. The molecule has 1 amide bonds. The maximum absolute atomic E-state index is 12.2. The van der Waals surface area contributed by atoms with E-state index in [2.05, 4.69) is 20.7 Å². The van der Waals surface area contributed by atoms with Crippen molar-refractivity contribution in [2.75, 3.05) is 5.75 Å². The average molecular weight is 420 g/mol. The summed E-state index contributed by atoms with van der Waals surface area (Å²) in [7, 11) is 0. The maximum atomic E-state index is 12.2. The van der Waals surface area contributed by atoms with Gasteiger partial charge in [0, 0.05) is 16.1 Å². The van der Waals surface area contributed by atoms with Crippen molar-refractivity contribution < 1.29 is 4.79 Å². The predicted molar refractivity (Wildman–Crippen MR) is 118 cm³/mol. The molecule has 2 aromatic carbocycles. The fraction of sp³-hybridized carbons (Fsp3) is 0.0476. The van der Waals surface area contributed by atoms with Crippen LogP contribution in [0, 0.1) is 0 Å². The normalized spacial score (nSPS) is 11.0. The number of carbonyl (C=O) groups excluding carboxylic acids is 1. The van der Waals surface area contributed by atoms with Gasteiger partial charge >= 0.3 is 0 Å². The molecule has 0 aliphatic carbocycles. The van der Waals surface area contributed by atoms with E-state index >= 15 is 0 Å². The number of hydrogen-bond donors (Lipinski definition) is 1. The molecule has 2 aromatic heterocycles. The molecule has 1 N–H and O–H groups in total. The van der Waals surface area contributed by atoms with Gasteiger partial charge < -0.3 is 0 Å². The number of thiophene rings is 1. The highest BCUT2D eigenvalue weighted by Gasteiger charge is 2.16. The van der Waals surface area contributed by atoms with Crippen molar-refractivity contribution in [1.29, 1.82) is 0 Å². The molecule has 2 heterocycles. The molecular weight excluding hydrogens is 402 g/mol. The van der Waals surface area contributed by atoms with Crippen LogP contribution in [0.5, 0.6) is 0 Å². The van der Waals surface area contributed by atoms with Crippen LogP contribution in [-0.2, 0) is 4.79 Å². The lowest BCUT2D eigenvalue weighted by atomic mass is 10.2. The molecule has 0 bridgehead atoms. The number of hydrogen-bond acceptors (Lipinski definition) is 6. The molecule has 0 aliphatic heterocycles. The van der Waals surface area contributed by atoms with Crippen LogP contribution in [0.3, 0.4) is 0 Å². The Balaban J connectivity index is 1.51. The van der Waals surface area contributed by atoms with E-state index in [0.29, 0.717) is 5.16 Å². The van der Waals surface area contributed by atoms with Crippen LogP contribution in [0.25, 0.3) is 17.1 Å². The van der Waals surface area contributed by atoms with Crippen molar-refractivity contribution in [3.8, 4) is 17.1 Å². The van der Waals surface area contributed by atoms with Gasteiger partial charge in [0.2, 0.25) is 0 Å². The maximum Gasteiger partial charge on any atom is 0.250 e. The third-order valence-electron chi connectivity index (χ3n) is 3.94. The second-order valence-corrected chi connectivity index (χ2v) is 7.86. The van der Waals surface area contributed by atoms with E-state index in [9.17, 15) is 4.79 Å². The second kappa shape index (κ2) is 9.31. The summed E-state index contributed by atoms with van der Waals surface area (Å²) in [6.45, 7) is 0. The molecule has 8 heteroatoms. The third-order valence-corrected chi connectivity index (χ3v) is 5.67. The number of benzene rings is 2. The van der Waals surface area contributed by atoms with Gasteiger partial charge in [-0.25, -0.2) is 5.43 Å². The van der Waals surface area contributed by atoms with Crippen LogP contribution in [-0.4, -0.2) is 32.6 Å². The van der Waals surface area contributed by atoms with Gasteiger partial charge in [-0.3, -0.25) is 9.36 Å². The first kappa shape index (κ1) is 19.1. The van der Waals surface area contributed by atoms with Crippen molar-refractivity contribution in [3.63, 3.8) is 0 Å². The zero-order valence-electron chi connectivity index (χ0n) is 15.3. The Morgan fingerprint density at radius 3 is 2.52 bits per heavy atom. The van der Waals surface area contributed by atoms with Crippen LogP contribution < -0.4 is 5.43 Å². The Morgan fingerprint density at radius 1 is 1.03 bits per heavy atom. The Hall–Kier alpha value is -3.23. The third kappa shape index (κ3) is 4.79. The average Bonchev–Trinajstić information content (AvgIpc) is 3.43. The minimum atomic E-state index is -0.202. The van der Waals surface area contributed by atoms with E-state index in [1.165, 1.54) is 11.8 Å². The molecule has 29 heavy (non-hydrogen) atoms. The Kier molecular flexibility index (Phi) is 6.13. The Labute approximate surface area is 176 Å². The zero-order valence-corrected chi connectivity index (χ0v) is 16.9. The standard InChI is InChI=1S/C21H17N5OS2/c27-19(23-22-14-18-12-7-13-28-18)15-29-21-25-24-20(16-8-3-1-4-9-16)26(21)17-10-5-2-6-11-17/h1-14H,15H2,(H,23,27). The van der Waals surface area contributed by atoms with Crippen molar-refractivity contribution in [3.05, 3.63) is 83.1 Å². The number of nitrogens with one attached hydrogen (secondary N) is 1. The summed E-state index contributed by atoms with van der Waals surface area (Å²) in [4.78, 5) is 13.2. The largest absolute Gasteiger partial charge is 0.272 e. The van der Waals surface area contributed by atoms with Gasteiger partial charge in [-0.2, -0.15) is 5.10 Å². The van der Waals surface area contributed by atoms with Gasteiger partial charge in [0.05, 0.1) is 12.0 Å². The van der Waals surface area contributed by atoms with Crippen molar-refractivity contribution in [2.24, 2.45) is 5.10 Å². The van der Waals surface area contributed by atoms with Crippen molar-refractivity contribution in [2.45, 2.75) is 5.16 Å². The van der Waals surface area contributed by atoms with Crippen LogP contribution >= 0.6 is 23.1 Å². The van der Waals surface area contributed by atoms with Crippen LogP contribution in [0.15, 0.2) is 88.4 Å².